The number of aromatic amines is 1. The topological polar surface area (TPSA) is 68.7 Å². The fraction of sp³-hybridized carbons (Fsp3) is 0.0769. The first-order valence-corrected chi connectivity index (χ1v) is 5.19. The molecule has 0 fully saturated rings. The van der Waals surface area contributed by atoms with Crippen LogP contribution in [-0.2, 0) is 11.2 Å². The molecule has 0 atom stereocenters. The van der Waals surface area contributed by atoms with E-state index in [9.17, 15) is 4.79 Å². The molecule has 1 amide bonds. The quantitative estimate of drug-likeness (QED) is 0.839. The summed E-state index contributed by atoms with van der Waals surface area (Å²) >= 11 is 0. The Morgan fingerprint density at radius 2 is 2.06 bits per heavy atom. The molecule has 2 rings (SSSR count). The maximum atomic E-state index is 11.6. The van der Waals surface area contributed by atoms with E-state index in [1.54, 1.807) is 36.7 Å². The van der Waals surface area contributed by atoms with Crippen LogP contribution < -0.4 is 5.32 Å². The standard InChI is InChI=1S/C13H11N3O/c14-8-10-1-3-12(4-2-10)16-13(17)7-11-5-6-15-9-11/h1-6,9,15H,7H2,(H,16,17). The van der Waals surface area contributed by atoms with Crippen molar-refractivity contribution in [2.75, 3.05) is 5.32 Å². The molecule has 4 heteroatoms. The number of hydrogen-bond acceptors (Lipinski definition) is 2. The summed E-state index contributed by atoms with van der Waals surface area (Å²) in [6.07, 6.45) is 3.91. The summed E-state index contributed by atoms with van der Waals surface area (Å²) in [6, 6.07) is 10.7. The smallest absolute Gasteiger partial charge is 0.228 e. The molecule has 2 N–H and O–H groups in total. The molecule has 0 spiro atoms. The molecule has 4 nitrogen and oxygen atoms in total. The lowest BCUT2D eigenvalue weighted by Gasteiger charge is -2.03. The second-order valence-electron chi connectivity index (χ2n) is 3.63. The van der Waals surface area contributed by atoms with Gasteiger partial charge < -0.3 is 10.3 Å². The average molecular weight is 225 g/mol. The SMILES string of the molecule is N#Cc1ccc(NC(=O)Cc2cc[nH]c2)cc1. The molecule has 17 heavy (non-hydrogen) atoms. The van der Waals surface area contributed by atoms with Gasteiger partial charge in [0.05, 0.1) is 18.1 Å². The second kappa shape index (κ2) is 4.99. The second-order valence-corrected chi connectivity index (χ2v) is 3.63. The van der Waals surface area contributed by atoms with Crippen molar-refractivity contribution in [3.63, 3.8) is 0 Å². The van der Waals surface area contributed by atoms with Crippen LogP contribution in [0.15, 0.2) is 42.7 Å². The number of rotatable bonds is 3. The van der Waals surface area contributed by atoms with Crippen molar-refractivity contribution in [1.82, 2.24) is 4.98 Å². The van der Waals surface area contributed by atoms with E-state index in [0.29, 0.717) is 17.7 Å². The minimum Gasteiger partial charge on any atom is -0.367 e. The number of nitriles is 1. The van der Waals surface area contributed by atoms with Crippen molar-refractivity contribution in [3.8, 4) is 6.07 Å². The van der Waals surface area contributed by atoms with Gasteiger partial charge >= 0.3 is 0 Å². The lowest BCUT2D eigenvalue weighted by Crippen LogP contribution is -2.13. The summed E-state index contributed by atoms with van der Waals surface area (Å²) in [7, 11) is 0. The van der Waals surface area contributed by atoms with Gasteiger partial charge in [0.25, 0.3) is 0 Å². The molecule has 0 unspecified atom stereocenters. The minimum absolute atomic E-state index is 0.0747. The highest BCUT2D eigenvalue weighted by atomic mass is 16.1. The number of nitrogens with one attached hydrogen (secondary N) is 2. The number of carbonyl (C=O) groups excluding carboxylic acids is 1. The number of aromatic nitrogens is 1. The maximum Gasteiger partial charge on any atom is 0.228 e. The third kappa shape index (κ3) is 2.95. The molecule has 0 bridgehead atoms. The first-order valence-electron chi connectivity index (χ1n) is 5.19. The summed E-state index contributed by atoms with van der Waals surface area (Å²) in [5.41, 5.74) is 2.22. The van der Waals surface area contributed by atoms with Gasteiger partial charge in [-0.2, -0.15) is 5.26 Å². The molecule has 0 radical (unpaired) electrons. The zero-order valence-electron chi connectivity index (χ0n) is 9.10. The van der Waals surface area contributed by atoms with Crippen molar-refractivity contribution >= 4 is 11.6 Å². The van der Waals surface area contributed by atoms with Crippen molar-refractivity contribution in [2.24, 2.45) is 0 Å². The summed E-state index contributed by atoms with van der Waals surface area (Å²) in [5.74, 6) is -0.0747. The van der Waals surface area contributed by atoms with Gasteiger partial charge in [0.15, 0.2) is 0 Å². The van der Waals surface area contributed by atoms with Crippen LogP contribution in [0.25, 0.3) is 0 Å². The molecule has 1 aromatic heterocycles. The lowest BCUT2D eigenvalue weighted by molar-refractivity contribution is -0.115. The number of benzene rings is 1. The largest absolute Gasteiger partial charge is 0.367 e. The third-order valence-electron chi connectivity index (χ3n) is 2.32. The van der Waals surface area contributed by atoms with E-state index >= 15 is 0 Å². The molecule has 2 aromatic rings. The molecule has 0 aliphatic carbocycles. The summed E-state index contributed by atoms with van der Waals surface area (Å²) < 4.78 is 0. The monoisotopic (exact) mass is 225 g/mol. The van der Waals surface area contributed by atoms with Gasteiger partial charge in [0, 0.05) is 18.1 Å². The predicted molar refractivity (Wildman–Crippen MR) is 64.3 cm³/mol. The Labute approximate surface area is 98.9 Å². The van der Waals surface area contributed by atoms with Crippen LogP contribution in [-0.4, -0.2) is 10.9 Å². The molecule has 1 heterocycles. The Morgan fingerprint density at radius 1 is 1.29 bits per heavy atom. The van der Waals surface area contributed by atoms with Gasteiger partial charge in [0.2, 0.25) is 5.91 Å². The Kier molecular flexibility index (Phi) is 3.22. The average Bonchev–Trinajstić information content (AvgIpc) is 2.82. The van der Waals surface area contributed by atoms with Gasteiger partial charge in [-0.25, -0.2) is 0 Å². The van der Waals surface area contributed by atoms with E-state index in [-0.39, 0.29) is 5.91 Å². The molecule has 0 saturated carbocycles. The predicted octanol–water partition coefficient (Wildman–Crippen LogP) is 2.07. The maximum absolute atomic E-state index is 11.6. The van der Waals surface area contributed by atoms with Gasteiger partial charge in [0.1, 0.15) is 0 Å². The molecule has 0 saturated heterocycles. The Morgan fingerprint density at radius 3 is 2.65 bits per heavy atom. The highest BCUT2D eigenvalue weighted by Crippen LogP contribution is 2.09. The van der Waals surface area contributed by atoms with Crippen LogP contribution in [0, 0.1) is 11.3 Å². The van der Waals surface area contributed by atoms with E-state index in [1.165, 1.54) is 0 Å². The van der Waals surface area contributed by atoms with E-state index in [4.69, 9.17) is 5.26 Å². The fourth-order valence-corrected chi connectivity index (χ4v) is 1.49. The lowest BCUT2D eigenvalue weighted by atomic mass is 10.2. The van der Waals surface area contributed by atoms with Crippen molar-refractivity contribution in [3.05, 3.63) is 53.9 Å². The van der Waals surface area contributed by atoms with Crippen LogP contribution in [0.3, 0.4) is 0 Å². The number of H-pyrrole nitrogens is 1. The van der Waals surface area contributed by atoms with Gasteiger partial charge in [-0.15, -0.1) is 0 Å². The highest BCUT2D eigenvalue weighted by Gasteiger charge is 2.04. The first kappa shape index (κ1) is 11.0. The van der Waals surface area contributed by atoms with Crippen LogP contribution in [0.1, 0.15) is 11.1 Å². The van der Waals surface area contributed by atoms with E-state index < -0.39 is 0 Å². The normalized spacial score (nSPS) is 9.59. The number of carbonyl (C=O) groups is 1. The van der Waals surface area contributed by atoms with Crippen molar-refractivity contribution < 1.29 is 4.79 Å². The first-order chi connectivity index (χ1) is 8.28. The molecule has 0 aliphatic rings. The van der Waals surface area contributed by atoms with Crippen molar-refractivity contribution in [2.45, 2.75) is 6.42 Å². The van der Waals surface area contributed by atoms with Crippen LogP contribution in [0.5, 0.6) is 0 Å². The number of amides is 1. The van der Waals surface area contributed by atoms with Crippen LogP contribution in [0.2, 0.25) is 0 Å². The van der Waals surface area contributed by atoms with E-state index in [1.807, 2.05) is 12.1 Å². The van der Waals surface area contributed by atoms with Crippen molar-refractivity contribution in [1.29, 1.82) is 5.26 Å². The summed E-state index contributed by atoms with van der Waals surface area (Å²) in [6.45, 7) is 0. The summed E-state index contributed by atoms with van der Waals surface area (Å²) in [4.78, 5) is 14.5. The number of nitrogens with zero attached hydrogens (tertiary/aromatic N) is 1. The molecular weight excluding hydrogens is 214 g/mol. The Balaban J connectivity index is 1.96. The number of hydrogen-bond donors (Lipinski definition) is 2. The van der Waals surface area contributed by atoms with Gasteiger partial charge in [-0.1, -0.05) is 0 Å². The minimum atomic E-state index is -0.0747. The highest BCUT2D eigenvalue weighted by molar-refractivity contribution is 5.92. The Hall–Kier alpha value is -2.54. The van der Waals surface area contributed by atoms with E-state index in [2.05, 4.69) is 10.3 Å². The van der Waals surface area contributed by atoms with Crippen LogP contribution in [0.4, 0.5) is 5.69 Å². The molecule has 1 aromatic carbocycles. The Bertz CT molecular complexity index is 535. The van der Waals surface area contributed by atoms with Gasteiger partial charge in [-0.3, -0.25) is 4.79 Å². The fourth-order valence-electron chi connectivity index (χ4n) is 1.49. The van der Waals surface area contributed by atoms with Crippen LogP contribution >= 0.6 is 0 Å². The molecule has 84 valence electrons. The summed E-state index contributed by atoms with van der Waals surface area (Å²) in [5, 5.41) is 11.4. The van der Waals surface area contributed by atoms with E-state index in [0.717, 1.165) is 5.56 Å². The third-order valence-corrected chi connectivity index (χ3v) is 2.32. The number of anilines is 1. The zero-order chi connectivity index (χ0) is 12.1. The molecule has 0 aliphatic heterocycles. The molecular formula is C13H11N3O. The zero-order valence-corrected chi connectivity index (χ0v) is 9.10. The van der Waals surface area contributed by atoms with Gasteiger partial charge in [-0.05, 0) is 35.9 Å².